The molecule has 0 rings (SSSR count). The van der Waals surface area contributed by atoms with E-state index in [2.05, 4.69) is 0 Å². The van der Waals surface area contributed by atoms with Crippen LogP contribution in [0.2, 0.25) is 0 Å². The second-order valence-electron chi connectivity index (χ2n) is 0. The van der Waals surface area contributed by atoms with Gasteiger partial charge in [-0.1, -0.05) is 0 Å². The van der Waals surface area contributed by atoms with Crippen LogP contribution >= 0.6 is 0 Å². The molecule has 6 N–H and O–H groups in total. The van der Waals surface area contributed by atoms with Gasteiger partial charge in [-0.05, 0) is 0 Å². The van der Waals surface area contributed by atoms with Gasteiger partial charge in [0.2, 0.25) is 20.3 Å². The summed E-state index contributed by atoms with van der Waals surface area (Å²) in [5.41, 5.74) is 0. The smallest absolute Gasteiger partial charge is 0.245 e. The average molecular weight is 254 g/mol. The van der Waals surface area contributed by atoms with Crippen molar-refractivity contribution in [3.05, 3.63) is 0 Å². The zero-order valence-corrected chi connectivity index (χ0v) is 8.62. The molecule has 0 spiro atoms. The Kier molecular flexibility index (Phi) is 3440. The molecular formula is H16Al2O5Si2Ti. The SMILES string of the molecule is O.O.O.O=[SiH2].O=[SiH2].[AlH3].[AlH3].[Ti]. The van der Waals surface area contributed by atoms with Crippen LogP contribution < -0.4 is 0 Å². The molecule has 0 aromatic carbocycles. The van der Waals surface area contributed by atoms with Crippen LogP contribution in [0.15, 0.2) is 0 Å². The van der Waals surface area contributed by atoms with Crippen molar-refractivity contribution in [2.75, 3.05) is 0 Å². The van der Waals surface area contributed by atoms with Gasteiger partial charge >= 0.3 is 0 Å². The topological polar surface area (TPSA) is 129 Å². The van der Waals surface area contributed by atoms with Gasteiger partial charge in [0.15, 0.2) is 34.7 Å². The Morgan fingerprint density at radius 1 is 0.600 bits per heavy atom. The van der Waals surface area contributed by atoms with E-state index < -0.39 is 0 Å². The van der Waals surface area contributed by atoms with E-state index in [1.165, 1.54) is 0 Å². The van der Waals surface area contributed by atoms with Crippen LogP contribution in [0.25, 0.3) is 0 Å². The van der Waals surface area contributed by atoms with E-state index >= 15 is 0 Å². The first kappa shape index (κ1) is 98.0. The number of hydrogen-bond donors (Lipinski definition) is 0. The Balaban J connectivity index is -0.000000000833. The van der Waals surface area contributed by atoms with Crippen LogP contribution in [0.1, 0.15) is 0 Å². The van der Waals surface area contributed by atoms with Gasteiger partial charge < -0.3 is 25.4 Å². The third kappa shape index (κ3) is 256. The zero-order chi connectivity index (χ0) is 4.00. The van der Waals surface area contributed by atoms with Crippen molar-refractivity contribution < 1.29 is 47.1 Å². The molecule has 0 heterocycles. The molecule has 0 fully saturated rings. The maximum Gasteiger partial charge on any atom is 0.245 e. The Morgan fingerprint density at radius 2 is 0.600 bits per heavy atom. The van der Waals surface area contributed by atoms with Crippen LogP contribution in [0, 0.1) is 0 Å². The summed E-state index contributed by atoms with van der Waals surface area (Å²) >= 11 is 0. The van der Waals surface area contributed by atoms with E-state index in [4.69, 9.17) is 8.92 Å². The predicted octanol–water partition coefficient (Wildman–Crippen LogP) is -6.91. The summed E-state index contributed by atoms with van der Waals surface area (Å²) in [7, 11) is 1.22. The molecule has 0 atom stereocenters. The van der Waals surface area contributed by atoms with E-state index in [0.717, 1.165) is 0 Å². The first-order chi connectivity index (χ1) is 2.00. The van der Waals surface area contributed by atoms with E-state index in [0.29, 0.717) is 20.3 Å². The van der Waals surface area contributed by atoms with Gasteiger partial charge in [0.05, 0.1) is 0 Å². The molecule has 10 heteroatoms. The molecule has 0 unspecified atom stereocenters. The standard InChI is InChI=1S/2Al.2H2OSi.3H2O.Ti.6H/c;;2*1-2;;;;;;;;;;/h;;2*2H2;3*1H2;;;;;;;. The molecule has 0 radical (unpaired) electrons. The molecule has 0 aromatic rings. The van der Waals surface area contributed by atoms with E-state index in [1.807, 2.05) is 0 Å². The molecule has 0 saturated carbocycles. The first-order valence-electron chi connectivity index (χ1n) is 0.577. The van der Waals surface area contributed by atoms with Gasteiger partial charge in [-0.25, -0.2) is 0 Å². The summed E-state index contributed by atoms with van der Waals surface area (Å²) in [5.74, 6) is 0. The minimum absolute atomic E-state index is 0. The molecule has 64 valence electrons. The summed E-state index contributed by atoms with van der Waals surface area (Å²) in [6.07, 6.45) is 0. The van der Waals surface area contributed by atoms with Crippen molar-refractivity contribution >= 4 is 55.0 Å². The molecule has 0 aromatic heterocycles. The normalized spacial score (nSPS) is 0.800. The second-order valence-corrected chi connectivity index (χ2v) is 0. The molecule has 0 saturated heterocycles. The quantitative estimate of drug-likeness (QED) is 0.398. The van der Waals surface area contributed by atoms with Crippen molar-refractivity contribution in [1.82, 2.24) is 0 Å². The molecule has 5 nitrogen and oxygen atoms in total. The summed E-state index contributed by atoms with van der Waals surface area (Å²) in [5, 5.41) is 0. The molecule has 0 aliphatic heterocycles. The fraction of sp³-hybridized carbons (Fsp3) is 0. The van der Waals surface area contributed by atoms with Gasteiger partial charge in [-0.2, -0.15) is 0 Å². The predicted molar refractivity (Wildman–Crippen MR) is 49.2 cm³/mol. The molecule has 0 bridgehead atoms. The van der Waals surface area contributed by atoms with Crippen molar-refractivity contribution in [1.29, 1.82) is 0 Å². The Hall–Kier alpha value is 1.69. The van der Waals surface area contributed by atoms with Crippen molar-refractivity contribution in [3.63, 3.8) is 0 Å². The fourth-order valence-electron chi connectivity index (χ4n) is 0. The van der Waals surface area contributed by atoms with Crippen LogP contribution in [0.5, 0.6) is 0 Å². The van der Waals surface area contributed by atoms with E-state index in [-0.39, 0.29) is 72.9 Å². The van der Waals surface area contributed by atoms with Crippen LogP contribution in [0.4, 0.5) is 0 Å². The van der Waals surface area contributed by atoms with Crippen LogP contribution in [-0.4, -0.2) is 71.4 Å². The Bertz CT molecular complexity index is 19.6. The first-order valence-corrected chi connectivity index (χ1v) is 1.73. The third-order valence-electron chi connectivity index (χ3n) is 0. The Labute approximate surface area is 101 Å². The average Bonchev–Trinajstić information content (AvgIpc) is 1.50. The Morgan fingerprint density at radius 3 is 0.600 bits per heavy atom. The maximum absolute atomic E-state index is 8.28. The van der Waals surface area contributed by atoms with Gasteiger partial charge in [0.25, 0.3) is 0 Å². The molecule has 0 aliphatic rings. The number of hydrogen-bond acceptors (Lipinski definition) is 2. The minimum atomic E-state index is 0. The second kappa shape index (κ2) is 351. The number of rotatable bonds is 0. The fourth-order valence-corrected chi connectivity index (χ4v) is 0. The van der Waals surface area contributed by atoms with Gasteiger partial charge in [0, 0.05) is 21.7 Å². The largest absolute Gasteiger partial charge is 0.412 e. The molecule has 0 aliphatic carbocycles. The van der Waals surface area contributed by atoms with E-state index in [1.54, 1.807) is 0 Å². The van der Waals surface area contributed by atoms with Crippen molar-refractivity contribution in [2.45, 2.75) is 0 Å². The van der Waals surface area contributed by atoms with Crippen molar-refractivity contribution in [2.24, 2.45) is 0 Å². The van der Waals surface area contributed by atoms with Gasteiger partial charge in [0.1, 0.15) is 0 Å². The van der Waals surface area contributed by atoms with Crippen LogP contribution in [0.3, 0.4) is 0 Å². The monoisotopic (exact) mass is 254 g/mol. The summed E-state index contributed by atoms with van der Waals surface area (Å²) in [4.78, 5) is 0. The minimum Gasteiger partial charge on any atom is -0.412 e. The van der Waals surface area contributed by atoms with Crippen molar-refractivity contribution in [3.8, 4) is 0 Å². The summed E-state index contributed by atoms with van der Waals surface area (Å²) in [6, 6.07) is 0. The summed E-state index contributed by atoms with van der Waals surface area (Å²) in [6.45, 7) is 0. The van der Waals surface area contributed by atoms with Gasteiger partial charge in [-0.15, -0.1) is 0 Å². The zero-order valence-electron chi connectivity index (χ0n) is 4.23. The molecule has 10 heavy (non-hydrogen) atoms. The molecule has 0 amide bonds. The summed E-state index contributed by atoms with van der Waals surface area (Å²) < 4.78 is 16.6. The van der Waals surface area contributed by atoms with Crippen LogP contribution in [-0.2, 0) is 30.6 Å². The molecular weight excluding hydrogens is 238 g/mol. The maximum atomic E-state index is 8.28. The van der Waals surface area contributed by atoms with Gasteiger partial charge in [-0.3, -0.25) is 0 Å². The van der Waals surface area contributed by atoms with E-state index in [9.17, 15) is 0 Å². The third-order valence-corrected chi connectivity index (χ3v) is 0.